The third-order valence-corrected chi connectivity index (χ3v) is 6.87. The zero-order chi connectivity index (χ0) is 19.4. The zero-order valence-corrected chi connectivity index (χ0v) is 15.9. The molecule has 3 rings (SSSR count). The van der Waals surface area contributed by atoms with E-state index in [1.165, 1.54) is 33.5 Å². The summed E-state index contributed by atoms with van der Waals surface area (Å²) < 4.78 is 32.2. The van der Waals surface area contributed by atoms with Crippen molar-refractivity contribution in [2.24, 2.45) is 0 Å². The average molecular weight is 396 g/mol. The average Bonchev–Trinajstić information content (AvgIpc) is 2.68. The van der Waals surface area contributed by atoms with Crippen LogP contribution in [0.25, 0.3) is 0 Å². The smallest absolute Gasteiger partial charge is 0.305 e. The molecule has 0 aliphatic carbocycles. The van der Waals surface area contributed by atoms with E-state index in [1.54, 1.807) is 0 Å². The Hall–Kier alpha value is -1.97. The molecule has 1 amide bonds. The van der Waals surface area contributed by atoms with Crippen molar-refractivity contribution in [3.05, 3.63) is 29.8 Å². The number of carbonyl (C=O) groups excluding carboxylic acids is 1. The number of piperidine rings is 1. The fourth-order valence-electron chi connectivity index (χ4n) is 3.48. The first-order valence-corrected chi connectivity index (χ1v) is 10.5. The largest absolute Gasteiger partial charge is 0.481 e. The van der Waals surface area contributed by atoms with Crippen LogP contribution in [-0.2, 0) is 19.6 Å². The molecule has 0 radical (unpaired) electrons. The number of hydrogen-bond donors (Lipinski definition) is 1. The Balaban J connectivity index is 1.75. The molecule has 0 saturated carbocycles. The van der Waals surface area contributed by atoms with E-state index in [-0.39, 0.29) is 23.8 Å². The van der Waals surface area contributed by atoms with E-state index in [0.717, 1.165) is 19.3 Å². The fraction of sp³-hybridized carbons (Fsp3) is 0.556. The van der Waals surface area contributed by atoms with Gasteiger partial charge in [-0.15, -0.1) is 0 Å². The van der Waals surface area contributed by atoms with Crippen LogP contribution in [0.3, 0.4) is 0 Å². The molecule has 27 heavy (non-hydrogen) atoms. The second-order valence-corrected chi connectivity index (χ2v) is 8.75. The Morgan fingerprint density at radius 3 is 2.37 bits per heavy atom. The summed E-state index contributed by atoms with van der Waals surface area (Å²) in [6.07, 6.45) is 2.57. The summed E-state index contributed by atoms with van der Waals surface area (Å²) in [5.74, 6) is -1.31. The van der Waals surface area contributed by atoms with Crippen molar-refractivity contribution in [1.82, 2.24) is 9.21 Å². The molecule has 148 valence electrons. The standard InChI is InChI=1S/C18H24N2O6S/c21-17(22)12-15-13-26-11-10-20(15)18(23)14-4-6-16(7-5-14)27(24,25)19-8-2-1-3-9-19/h4-7,15H,1-3,8-13H2,(H,21,22). The third-order valence-electron chi connectivity index (χ3n) is 4.95. The van der Waals surface area contributed by atoms with Crippen molar-refractivity contribution in [3.8, 4) is 0 Å². The molecular formula is C18H24N2O6S. The van der Waals surface area contributed by atoms with Gasteiger partial charge in [0.25, 0.3) is 5.91 Å². The lowest BCUT2D eigenvalue weighted by molar-refractivity contribution is -0.139. The Morgan fingerprint density at radius 2 is 1.74 bits per heavy atom. The van der Waals surface area contributed by atoms with Gasteiger partial charge in [0.05, 0.1) is 30.6 Å². The van der Waals surface area contributed by atoms with Crippen molar-refractivity contribution < 1.29 is 27.9 Å². The Kier molecular flexibility index (Phi) is 6.13. The summed E-state index contributed by atoms with van der Waals surface area (Å²) in [5, 5.41) is 9.02. The van der Waals surface area contributed by atoms with Crippen LogP contribution in [0.2, 0.25) is 0 Å². The zero-order valence-electron chi connectivity index (χ0n) is 15.0. The van der Waals surface area contributed by atoms with Gasteiger partial charge in [-0.1, -0.05) is 6.42 Å². The molecule has 1 atom stereocenters. The molecule has 2 aliphatic rings. The van der Waals surface area contributed by atoms with Crippen LogP contribution in [0.1, 0.15) is 36.0 Å². The van der Waals surface area contributed by atoms with Crippen molar-refractivity contribution in [3.63, 3.8) is 0 Å². The van der Waals surface area contributed by atoms with E-state index in [4.69, 9.17) is 9.84 Å². The molecule has 1 aromatic carbocycles. The maximum Gasteiger partial charge on any atom is 0.305 e. The van der Waals surface area contributed by atoms with E-state index in [0.29, 0.717) is 31.8 Å². The van der Waals surface area contributed by atoms with Crippen LogP contribution >= 0.6 is 0 Å². The first-order chi connectivity index (χ1) is 12.9. The number of morpholine rings is 1. The number of amides is 1. The molecule has 0 bridgehead atoms. The van der Waals surface area contributed by atoms with Gasteiger partial charge in [-0.05, 0) is 37.1 Å². The first kappa shape index (κ1) is 19.8. The molecule has 2 aliphatic heterocycles. The fourth-order valence-corrected chi connectivity index (χ4v) is 5.00. The van der Waals surface area contributed by atoms with Gasteiger partial charge in [-0.3, -0.25) is 9.59 Å². The van der Waals surface area contributed by atoms with Gasteiger partial charge in [0.1, 0.15) is 0 Å². The molecule has 1 aromatic rings. The van der Waals surface area contributed by atoms with Gasteiger partial charge in [0.2, 0.25) is 10.0 Å². The quantitative estimate of drug-likeness (QED) is 0.801. The topological polar surface area (TPSA) is 104 Å². The Bertz CT molecular complexity index is 787. The van der Waals surface area contributed by atoms with Gasteiger partial charge in [-0.2, -0.15) is 4.31 Å². The highest BCUT2D eigenvalue weighted by molar-refractivity contribution is 7.89. The summed E-state index contributed by atoms with van der Waals surface area (Å²) >= 11 is 0. The number of carbonyl (C=O) groups is 2. The van der Waals surface area contributed by atoms with Crippen molar-refractivity contribution in [1.29, 1.82) is 0 Å². The lowest BCUT2D eigenvalue weighted by Gasteiger charge is -2.35. The number of nitrogens with zero attached hydrogens (tertiary/aromatic N) is 2. The summed E-state index contributed by atoms with van der Waals surface area (Å²) in [4.78, 5) is 25.4. The molecule has 2 heterocycles. The highest BCUT2D eigenvalue weighted by Gasteiger charge is 2.30. The molecule has 1 unspecified atom stereocenters. The molecule has 2 saturated heterocycles. The van der Waals surface area contributed by atoms with Crippen LogP contribution < -0.4 is 0 Å². The Morgan fingerprint density at radius 1 is 1.07 bits per heavy atom. The minimum atomic E-state index is -3.55. The summed E-state index contributed by atoms with van der Waals surface area (Å²) in [6, 6.07) is 5.35. The third kappa shape index (κ3) is 4.48. The molecule has 0 aromatic heterocycles. The lowest BCUT2D eigenvalue weighted by Crippen LogP contribution is -2.49. The van der Waals surface area contributed by atoms with Gasteiger partial charge in [-0.25, -0.2) is 8.42 Å². The number of benzene rings is 1. The minimum absolute atomic E-state index is 0.171. The molecule has 8 nitrogen and oxygen atoms in total. The second kappa shape index (κ2) is 8.37. The van der Waals surface area contributed by atoms with Crippen LogP contribution in [0.5, 0.6) is 0 Å². The van der Waals surface area contributed by atoms with Crippen LogP contribution in [0.4, 0.5) is 0 Å². The van der Waals surface area contributed by atoms with Gasteiger partial charge in [0.15, 0.2) is 0 Å². The summed E-state index contributed by atoms with van der Waals surface area (Å²) in [6.45, 7) is 1.88. The van der Waals surface area contributed by atoms with E-state index in [9.17, 15) is 18.0 Å². The van der Waals surface area contributed by atoms with E-state index in [2.05, 4.69) is 0 Å². The van der Waals surface area contributed by atoms with Crippen molar-refractivity contribution in [2.45, 2.75) is 36.6 Å². The van der Waals surface area contributed by atoms with E-state index in [1.807, 2.05) is 0 Å². The predicted molar refractivity (Wildman–Crippen MR) is 96.9 cm³/mol. The lowest BCUT2D eigenvalue weighted by atomic mass is 10.1. The van der Waals surface area contributed by atoms with E-state index >= 15 is 0 Å². The Labute approximate surface area is 158 Å². The number of carboxylic acids is 1. The van der Waals surface area contributed by atoms with Gasteiger partial charge >= 0.3 is 5.97 Å². The highest BCUT2D eigenvalue weighted by atomic mass is 32.2. The number of aliphatic carboxylic acids is 1. The molecule has 9 heteroatoms. The molecule has 1 N–H and O–H groups in total. The van der Waals surface area contributed by atoms with E-state index < -0.39 is 22.0 Å². The summed E-state index contributed by atoms with van der Waals surface area (Å²) in [7, 11) is -3.55. The maximum atomic E-state index is 12.8. The van der Waals surface area contributed by atoms with Crippen molar-refractivity contribution in [2.75, 3.05) is 32.8 Å². The number of carboxylic acid groups (broad SMARTS) is 1. The molecular weight excluding hydrogens is 372 g/mol. The van der Waals surface area contributed by atoms with Crippen LogP contribution in [-0.4, -0.2) is 73.5 Å². The second-order valence-electron chi connectivity index (χ2n) is 6.81. The highest BCUT2D eigenvalue weighted by Crippen LogP contribution is 2.22. The van der Waals surface area contributed by atoms with Gasteiger partial charge in [0, 0.05) is 25.2 Å². The number of hydrogen-bond acceptors (Lipinski definition) is 5. The minimum Gasteiger partial charge on any atom is -0.481 e. The summed E-state index contributed by atoms with van der Waals surface area (Å²) in [5.41, 5.74) is 0.338. The predicted octanol–water partition coefficient (Wildman–Crippen LogP) is 1.18. The molecule has 0 spiro atoms. The number of rotatable bonds is 5. The first-order valence-electron chi connectivity index (χ1n) is 9.10. The SMILES string of the molecule is O=C(O)CC1COCCN1C(=O)c1ccc(S(=O)(=O)N2CCCCC2)cc1. The van der Waals surface area contributed by atoms with Gasteiger partial charge < -0.3 is 14.7 Å². The number of sulfonamides is 1. The normalized spacial score (nSPS) is 21.8. The molecule has 2 fully saturated rings. The van der Waals surface area contributed by atoms with Crippen LogP contribution in [0, 0.1) is 0 Å². The van der Waals surface area contributed by atoms with Crippen LogP contribution in [0.15, 0.2) is 29.2 Å². The van der Waals surface area contributed by atoms with Crippen molar-refractivity contribution >= 4 is 21.9 Å². The monoisotopic (exact) mass is 396 g/mol. The maximum absolute atomic E-state index is 12.8. The number of ether oxygens (including phenoxy) is 1.